The zero-order valence-corrected chi connectivity index (χ0v) is 17.6. The molecular formula is C25H22N2O5. The highest BCUT2D eigenvalue weighted by Gasteiger charge is 2.46. The normalized spacial score (nSPS) is 17.6. The first-order chi connectivity index (χ1) is 15.4. The summed E-state index contributed by atoms with van der Waals surface area (Å²) in [6.45, 7) is 2.04. The molecule has 1 aromatic heterocycles. The zero-order chi connectivity index (χ0) is 22.8. The van der Waals surface area contributed by atoms with Crippen LogP contribution in [-0.2, 0) is 16.1 Å². The minimum atomic E-state index is -0.869. The van der Waals surface area contributed by atoms with E-state index in [2.05, 4.69) is 4.98 Å². The highest BCUT2D eigenvalue weighted by Crippen LogP contribution is 2.42. The van der Waals surface area contributed by atoms with Crippen LogP contribution < -0.4 is 4.74 Å². The molecule has 1 fully saturated rings. The lowest BCUT2D eigenvalue weighted by Crippen LogP contribution is -2.29. The molecule has 0 radical (unpaired) electrons. The van der Waals surface area contributed by atoms with Crippen LogP contribution in [0.1, 0.15) is 28.3 Å². The lowest BCUT2D eigenvalue weighted by atomic mass is 9.94. The fourth-order valence-corrected chi connectivity index (χ4v) is 3.81. The van der Waals surface area contributed by atoms with E-state index in [1.807, 2.05) is 19.1 Å². The number of aliphatic hydroxyl groups is 1. The minimum absolute atomic E-state index is 0.0181. The molecule has 0 aliphatic carbocycles. The number of aromatic hydroxyl groups is 1. The number of carbonyl (C=O) groups excluding carboxylic acids is 2. The molecule has 0 bridgehead atoms. The highest BCUT2D eigenvalue weighted by molar-refractivity contribution is 6.46. The maximum atomic E-state index is 13.1. The summed E-state index contributed by atoms with van der Waals surface area (Å²) in [4.78, 5) is 31.6. The van der Waals surface area contributed by atoms with Gasteiger partial charge in [0.15, 0.2) is 11.5 Å². The molecule has 2 heterocycles. The molecule has 1 saturated heterocycles. The number of hydrogen-bond donors (Lipinski definition) is 2. The van der Waals surface area contributed by atoms with Gasteiger partial charge in [-0.3, -0.25) is 14.6 Å². The third kappa shape index (κ3) is 3.80. The van der Waals surface area contributed by atoms with Gasteiger partial charge in [0.1, 0.15) is 5.76 Å². The molecule has 4 rings (SSSR count). The summed E-state index contributed by atoms with van der Waals surface area (Å²) >= 11 is 0. The van der Waals surface area contributed by atoms with Crippen molar-refractivity contribution in [2.24, 2.45) is 0 Å². The summed E-state index contributed by atoms with van der Waals surface area (Å²) < 4.78 is 5.22. The van der Waals surface area contributed by atoms with E-state index in [-0.39, 0.29) is 29.4 Å². The molecule has 1 atom stereocenters. The van der Waals surface area contributed by atoms with Gasteiger partial charge in [-0.2, -0.15) is 0 Å². The van der Waals surface area contributed by atoms with Crippen molar-refractivity contribution in [1.82, 2.24) is 9.88 Å². The Hall–Kier alpha value is -4.13. The molecule has 32 heavy (non-hydrogen) atoms. The molecule has 1 unspecified atom stereocenters. The maximum Gasteiger partial charge on any atom is 0.295 e. The number of pyridine rings is 1. The molecule has 162 valence electrons. The van der Waals surface area contributed by atoms with Gasteiger partial charge in [-0.1, -0.05) is 42.0 Å². The number of likely N-dealkylation sites (tertiary alicyclic amines) is 1. The van der Waals surface area contributed by atoms with Crippen LogP contribution in [0.3, 0.4) is 0 Å². The summed E-state index contributed by atoms with van der Waals surface area (Å²) in [5.74, 6) is -1.62. The number of Topliss-reactive ketones (excluding diaryl/α,β-unsaturated/α-hetero) is 1. The summed E-state index contributed by atoms with van der Waals surface area (Å²) in [5.41, 5.74) is 2.68. The molecule has 1 amide bonds. The van der Waals surface area contributed by atoms with Crippen LogP contribution in [0, 0.1) is 6.92 Å². The Morgan fingerprint density at radius 3 is 2.53 bits per heavy atom. The van der Waals surface area contributed by atoms with Gasteiger partial charge in [-0.05, 0) is 36.2 Å². The predicted molar refractivity (Wildman–Crippen MR) is 118 cm³/mol. The number of methoxy groups -OCH3 is 1. The van der Waals surface area contributed by atoms with Gasteiger partial charge < -0.3 is 19.8 Å². The number of phenolic OH excluding ortho intramolecular Hbond substituents is 1. The number of aromatic nitrogens is 1. The lowest BCUT2D eigenvalue weighted by Gasteiger charge is -2.25. The molecule has 3 aromatic rings. The number of phenols is 1. The first-order valence-corrected chi connectivity index (χ1v) is 10.0. The van der Waals surface area contributed by atoms with Gasteiger partial charge in [-0.15, -0.1) is 0 Å². The van der Waals surface area contributed by atoms with Crippen molar-refractivity contribution in [2.45, 2.75) is 19.5 Å². The highest BCUT2D eigenvalue weighted by atomic mass is 16.5. The van der Waals surface area contributed by atoms with Crippen molar-refractivity contribution in [3.63, 3.8) is 0 Å². The van der Waals surface area contributed by atoms with E-state index in [4.69, 9.17) is 4.74 Å². The molecule has 1 aliphatic heterocycles. The van der Waals surface area contributed by atoms with Crippen molar-refractivity contribution >= 4 is 17.4 Å². The van der Waals surface area contributed by atoms with Gasteiger partial charge >= 0.3 is 0 Å². The number of hydrogen-bond acceptors (Lipinski definition) is 6. The van der Waals surface area contributed by atoms with Crippen molar-refractivity contribution in [3.05, 3.63) is 94.8 Å². The Labute approximate surface area is 185 Å². The topological polar surface area (TPSA) is 100.0 Å². The van der Waals surface area contributed by atoms with E-state index < -0.39 is 17.7 Å². The number of ketones is 1. The van der Waals surface area contributed by atoms with Crippen LogP contribution in [0.2, 0.25) is 0 Å². The van der Waals surface area contributed by atoms with E-state index in [1.165, 1.54) is 18.1 Å². The number of aliphatic hydroxyl groups excluding tert-OH is 1. The second kappa shape index (κ2) is 8.55. The van der Waals surface area contributed by atoms with Gasteiger partial charge in [0, 0.05) is 24.5 Å². The summed E-state index contributed by atoms with van der Waals surface area (Å²) in [5, 5.41) is 21.1. The third-order valence-electron chi connectivity index (χ3n) is 5.46. The Bertz CT molecular complexity index is 1200. The Balaban J connectivity index is 1.89. The SMILES string of the molecule is COc1cc(C2C(=C(O)c3ccc(C)cc3)C(=O)C(=O)N2Cc2cccnc2)ccc1O. The number of amides is 1. The average Bonchev–Trinajstić information content (AvgIpc) is 3.05. The average molecular weight is 430 g/mol. The van der Waals surface area contributed by atoms with Crippen LogP contribution in [0.15, 0.2) is 72.6 Å². The smallest absolute Gasteiger partial charge is 0.295 e. The van der Waals surface area contributed by atoms with Crippen molar-refractivity contribution in [2.75, 3.05) is 7.11 Å². The summed E-state index contributed by atoms with van der Waals surface area (Å²) in [6.07, 6.45) is 3.24. The van der Waals surface area contributed by atoms with Gasteiger partial charge in [-0.25, -0.2) is 0 Å². The summed E-state index contributed by atoms with van der Waals surface area (Å²) in [7, 11) is 1.41. The Morgan fingerprint density at radius 2 is 1.88 bits per heavy atom. The molecule has 2 N–H and O–H groups in total. The molecule has 2 aromatic carbocycles. The van der Waals surface area contributed by atoms with E-state index >= 15 is 0 Å². The maximum absolute atomic E-state index is 13.1. The number of ether oxygens (including phenoxy) is 1. The van der Waals surface area contributed by atoms with Crippen LogP contribution in [0.25, 0.3) is 5.76 Å². The first-order valence-electron chi connectivity index (χ1n) is 10.0. The fourth-order valence-electron chi connectivity index (χ4n) is 3.81. The Morgan fingerprint density at radius 1 is 1.12 bits per heavy atom. The summed E-state index contributed by atoms with van der Waals surface area (Å²) in [6, 6.07) is 14.3. The second-order valence-electron chi connectivity index (χ2n) is 7.59. The van der Waals surface area contributed by atoms with Crippen LogP contribution in [0.4, 0.5) is 0 Å². The van der Waals surface area contributed by atoms with Crippen molar-refractivity contribution in [3.8, 4) is 11.5 Å². The van der Waals surface area contributed by atoms with Gasteiger partial charge in [0.05, 0.1) is 18.7 Å². The first kappa shape index (κ1) is 21.1. The molecule has 7 heteroatoms. The molecule has 0 saturated carbocycles. The molecule has 0 spiro atoms. The van der Waals surface area contributed by atoms with Crippen LogP contribution in [0.5, 0.6) is 11.5 Å². The quantitative estimate of drug-likeness (QED) is 0.364. The van der Waals surface area contributed by atoms with E-state index in [0.29, 0.717) is 11.1 Å². The largest absolute Gasteiger partial charge is 0.507 e. The number of aryl methyl sites for hydroxylation is 1. The monoisotopic (exact) mass is 430 g/mol. The van der Waals surface area contributed by atoms with E-state index in [9.17, 15) is 19.8 Å². The van der Waals surface area contributed by atoms with E-state index in [1.54, 1.807) is 48.8 Å². The van der Waals surface area contributed by atoms with E-state index in [0.717, 1.165) is 11.1 Å². The number of benzene rings is 2. The van der Waals surface area contributed by atoms with Crippen LogP contribution in [-0.4, -0.2) is 38.9 Å². The minimum Gasteiger partial charge on any atom is -0.507 e. The van der Waals surface area contributed by atoms with Crippen molar-refractivity contribution in [1.29, 1.82) is 0 Å². The van der Waals surface area contributed by atoms with Crippen molar-refractivity contribution < 1.29 is 24.5 Å². The zero-order valence-electron chi connectivity index (χ0n) is 17.6. The van der Waals surface area contributed by atoms with Gasteiger partial charge in [0.2, 0.25) is 0 Å². The molecular weight excluding hydrogens is 408 g/mol. The lowest BCUT2D eigenvalue weighted by molar-refractivity contribution is -0.140. The number of rotatable bonds is 5. The fraction of sp³-hybridized carbons (Fsp3) is 0.160. The standard InChI is InChI=1S/C25H22N2O5/c1-15-5-7-17(8-6-15)23(29)21-22(18-9-10-19(28)20(12-18)32-2)27(25(31)24(21)30)14-16-4-3-11-26-13-16/h3-13,22,28-29H,14H2,1-2H3. The molecule has 7 nitrogen and oxygen atoms in total. The predicted octanol–water partition coefficient (Wildman–Crippen LogP) is 3.73. The Kier molecular flexibility index (Phi) is 5.64. The number of nitrogens with zero attached hydrogens (tertiary/aromatic N) is 2. The third-order valence-corrected chi connectivity index (χ3v) is 5.46. The second-order valence-corrected chi connectivity index (χ2v) is 7.59. The van der Waals surface area contributed by atoms with Crippen LogP contribution >= 0.6 is 0 Å². The number of carbonyl (C=O) groups is 2. The van der Waals surface area contributed by atoms with Gasteiger partial charge in [0.25, 0.3) is 11.7 Å². The molecule has 1 aliphatic rings.